The van der Waals surface area contributed by atoms with Crippen LogP contribution >= 0.6 is 0 Å². The number of nitrogens with zero attached hydrogens (tertiary/aromatic N) is 1. The van der Waals surface area contributed by atoms with Crippen LogP contribution < -0.4 is 11.5 Å². The molecule has 4 heteroatoms. The number of anilines is 2. The number of nitrogen functional groups attached to an aromatic ring is 2. The molecule has 0 amide bonds. The molecule has 1 aromatic rings. The van der Waals surface area contributed by atoms with E-state index in [2.05, 4.69) is 4.98 Å². The highest BCUT2D eigenvalue weighted by atomic mass is 14.9. The molecule has 1 rings (SSSR count). The first-order chi connectivity index (χ1) is 4.24. The maximum absolute atomic E-state index is 8.33. The largest absolute Gasteiger partial charge is 0.385 e. The predicted molar refractivity (Wildman–Crippen MR) is 34.3 cm³/mol. The topological polar surface area (TPSA) is 91.6 Å². The van der Waals surface area contributed by atoms with Crippen LogP contribution in [-0.2, 0) is 0 Å². The second-order valence-electron chi connectivity index (χ2n) is 1.66. The zero-order valence-electron chi connectivity index (χ0n) is 4.68. The van der Waals surface area contributed by atoms with Gasteiger partial charge in [0.05, 0.1) is 5.56 Å². The number of aromatic nitrogens is 1. The number of H-pyrrole nitrogens is 1. The van der Waals surface area contributed by atoms with Gasteiger partial charge in [-0.25, -0.2) is 0 Å². The molecule has 0 bridgehead atoms. The van der Waals surface area contributed by atoms with Gasteiger partial charge in [-0.3, -0.25) is 0 Å². The molecule has 9 heavy (non-hydrogen) atoms. The Morgan fingerprint density at radius 3 is 2.44 bits per heavy atom. The first-order valence-electron chi connectivity index (χ1n) is 2.38. The molecular formula is C5H6N4. The average Bonchev–Trinajstić information content (AvgIpc) is 2.10. The van der Waals surface area contributed by atoms with E-state index in [-0.39, 0.29) is 0 Å². The predicted octanol–water partition coefficient (Wildman–Crippen LogP) is 0.0508. The summed E-state index contributed by atoms with van der Waals surface area (Å²) < 4.78 is 0. The van der Waals surface area contributed by atoms with Crippen LogP contribution in [-0.4, -0.2) is 4.98 Å². The number of nitrogens with one attached hydrogen (secondary N) is 1. The third-order valence-corrected chi connectivity index (χ3v) is 0.989. The van der Waals surface area contributed by atoms with Crippen molar-refractivity contribution in [2.75, 3.05) is 11.5 Å². The fraction of sp³-hybridized carbons (Fsp3) is 0. The van der Waals surface area contributed by atoms with Crippen molar-refractivity contribution in [3.05, 3.63) is 11.6 Å². The summed E-state index contributed by atoms with van der Waals surface area (Å²) in [5.41, 5.74) is 11.0. The van der Waals surface area contributed by atoms with Gasteiger partial charge in [0, 0.05) is 0 Å². The van der Waals surface area contributed by atoms with Gasteiger partial charge < -0.3 is 16.5 Å². The number of nitriles is 1. The zero-order chi connectivity index (χ0) is 6.85. The van der Waals surface area contributed by atoms with Crippen LogP contribution in [0.4, 0.5) is 11.6 Å². The molecular weight excluding hydrogens is 116 g/mol. The van der Waals surface area contributed by atoms with Gasteiger partial charge in [-0.2, -0.15) is 5.26 Å². The SMILES string of the molecule is N#Cc1cc(N)[nH]c1N. The van der Waals surface area contributed by atoms with Crippen LogP contribution in [0.5, 0.6) is 0 Å². The smallest absolute Gasteiger partial charge is 0.120 e. The standard InChI is InChI=1S/C5H6N4/c6-2-3-1-4(7)9-5(3)8/h1,9H,7-8H2. The fourth-order valence-corrected chi connectivity index (χ4v) is 0.585. The highest BCUT2D eigenvalue weighted by Crippen LogP contribution is 2.11. The van der Waals surface area contributed by atoms with Gasteiger partial charge in [-0.05, 0) is 6.07 Å². The van der Waals surface area contributed by atoms with Gasteiger partial charge in [0.25, 0.3) is 0 Å². The lowest BCUT2D eigenvalue weighted by Gasteiger charge is -1.81. The van der Waals surface area contributed by atoms with E-state index < -0.39 is 0 Å². The quantitative estimate of drug-likeness (QED) is 0.454. The number of nitrogens with two attached hydrogens (primary N) is 2. The van der Waals surface area contributed by atoms with Gasteiger partial charge in [-0.1, -0.05) is 0 Å². The van der Waals surface area contributed by atoms with Gasteiger partial charge >= 0.3 is 0 Å². The van der Waals surface area contributed by atoms with Crippen LogP contribution in [0.2, 0.25) is 0 Å². The maximum Gasteiger partial charge on any atom is 0.120 e. The second-order valence-corrected chi connectivity index (χ2v) is 1.66. The second kappa shape index (κ2) is 1.71. The van der Waals surface area contributed by atoms with Crippen LogP contribution in [0.1, 0.15) is 5.56 Å². The molecule has 5 N–H and O–H groups in total. The summed E-state index contributed by atoms with van der Waals surface area (Å²) in [7, 11) is 0. The van der Waals surface area contributed by atoms with Crippen molar-refractivity contribution in [3.8, 4) is 6.07 Å². The Morgan fingerprint density at radius 2 is 2.22 bits per heavy atom. The zero-order valence-corrected chi connectivity index (χ0v) is 4.68. The molecule has 0 aromatic carbocycles. The molecule has 0 radical (unpaired) electrons. The van der Waals surface area contributed by atoms with E-state index >= 15 is 0 Å². The molecule has 4 nitrogen and oxygen atoms in total. The Kier molecular flexibility index (Phi) is 1.04. The van der Waals surface area contributed by atoms with Crippen molar-refractivity contribution in [2.45, 2.75) is 0 Å². The van der Waals surface area contributed by atoms with Crippen molar-refractivity contribution < 1.29 is 0 Å². The van der Waals surface area contributed by atoms with Crippen molar-refractivity contribution in [2.24, 2.45) is 0 Å². The Morgan fingerprint density at radius 1 is 1.56 bits per heavy atom. The van der Waals surface area contributed by atoms with E-state index in [0.29, 0.717) is 17.2 Å². The Hall–Kier alpha value is -1.63. The lowest BCUT2D eigenvalue weighted by Crippen LogP contribution is -1.87. The average molecular weight is 122 g/mol. The molecule has 0 saturated carbocycles. The molecule has 0 aliphatic heterocycles. The molecule has 0 spiro atoms. The maximum atomic E-state index is 8.33. The molecule has 0 atom stereocenters. The van der Waals surface area contributed by atoms with Gasteiger partial charge in [-0.15, -0.1) is 0 Å². The van der Waals surface area contributed by atoms with Crippen LogP contribution in [0.3, 0.4) is 0 Å². The lowest BCUT2D eigenvalue weighted by molar-refractivity contribution is 1.41. The third kappa shape index (κ3) is 0.795. The number of hydrogen-bond acceptors (Lipinski definition) is 3. The molecule has 46 valence electrons. The van der Waals surface area contributed by atoms with Gasteiger partial charge in [0.15, 0.2) is 0 Å². The van der Waals surface area contributed by atoms with Crippen molar-refractivity contribution >= 4 is 11.6 Å². The Labute approximate surface area is 52.1 Å². The summed E-state index contributed by atoms with van der Waals surface area (Å²) in [6, 6.07) is 3.38. The van der Waals surface area contributed by atoms with Crippen molar-refractivity contribution in [1.29, 1.82) is 5.26 Å². The Bertz CT molecular complexity index is 254. The first-order valence-corrected chi connectivity index (χ1v) is 2.38. The van der Waals surface area contributed by atoms with Crippen LogP contribution in [0.25, 0.3) is 0 Å². The minimum Gasteiger partial charge on any atom is -0.385 e. The summed E-state index contributed by atoms with van der Waals surface area (Å²) in [5.74, 6) is 0.749. The normalized spacial score (nSPS) is 8.78. The van der Waals surface area contributed by atoms with E-state index in [0.717, 1.165) is 0 Å². The minimum absolute atomic E-state index is 0.329. The lowest BCUT2D eigenvalue weighted by atomic mass is 10.3. The van der Waals surface area contributed by atoms with E-state index in [1.807, 2.05) is 6.07 Å². The van der Waals surface area contributed by atoms with E-state index in [9.17, 15) is 0 Å². The van der Waals surface area contributed by atoms with E-state index in [1.165, 1.54) is 6.07 Å². The third-order valence-electron chi connectivity index (χ3n) is 0.989. The number of aromatic amines is 1. The van der Waals surface area contributed by atoms with Crippen molar-refractivity contribution in [1.82, 2.24) is 4.98 Å². The van der Waals surface area contributed by atoms with Crippen molar-refractivity contribution in [3.63, 3.8) is 0 Å². The molecule has 0 aliphatic carbocycles. The molecule has 0 saturated heterocycles. The summed E-state index contributed by atoms with van der Waals surface area (Å²) >= 11 is 0. The highest BCUT2D eigenvalue weighted by Gasteiger charge is 1.98. The Balaban J connectivity index is 3.20. The summed E-state index contributed by atoms with van der Waals surface area (Å²) in [6.45, 7) is 0. The minimum atomic E-state index is 0.329. The summed E-state index contributed by atoms with van der Waals surface area (Å²) in [5, 5.41) is 8.33. The summed E-state index contributed by atoms with van der Waals surface area (Å²) in [6.07, 6.45) is 0. The molecule has 1 heterocycles. The van der Waals surface area contributed by atoms with Crippen LogP contribution in [0, 0.1) is 11.3 Å². The molecule has 0 aliphatic rings. The van der Waals surface area contributed by atoms with E-state index in [1.54, 1.807) is 0 Å². The van der Waals surface area contributed by atoms with Crippen LogP contribution in [0.15, 0.2) is 6.07 Å². The van der Waals surface area contributed by atoms with E-state index in [4.69, 9.17) is 16.7 Å². The van der Waals surface area contributed by atoms with Gasteiger partial charge in [0.1, 0.15) is 17.7 Å². The fourth-order valence-electron chi connectivity index (χ4n) is 0.585. The highest BCUT2D eigenvalue weighted by molar-refractivity contribution is 5.56. The molecule has 1 aromatic heterocycles. The number of hydrogen-bond donors (Lipinski definition) is 3. The molecule has 0 unspecified atom stereocenters. The van der Waals surface area contributed by atoms with Gasteiger partial charge in [0.2, 0.25) is 0 Å². The summed E-state index contributed by atoms with van der Waals surface area (Å²) in [4.78, 5) is 2.59. The number of rotatable bonds is 0. The monoisotopic (exact) mass is 122 g/mol. The first kappa shape index (κ1) is 5.51. The molecule has 0 fully saturated rings.